The molecule has 0 heterocycles. The number of hydrogen-bond donors (Lipinski definition) is 2. The van der Waals surface area contributed by atoms with Crippen molar-refractivity contribution < 1.29 is 18.1 Å². The van der Waals surface area contributed by atoms with E-state index in [1.165, 1.54) is 6.07 Å². The Morgan fingerprint density at radius 3 is 2.33 bits per heavy atom. The summed E-state index contributed by atoms with van der Waals surface area (Å²) in [6, 6.07) is 11.8. The zero-order chi connectivity index (χ0) is 15.5. The van der Waals surface area contributed by atoms with Crippen LogP contribution in [0.4, 0.5) is 0 Å². The van der Waals surface area contributed by atoms with E-state index in [0.717, 1.165) is 30.4 Å². The van der Waals surface area contributed by atoms with Crippen molar-refractivity contribution in [2.45, 2.75) is 31.1 Å². The maximum atomic E-state index is 11.6. The molecular weight excluding hydrogens is 288 g/mol. The Balaban J connectivity index is 2.66. The average Bonchev–Trinajstić information content (AvgIpc) is 2.44. The summed E-state index contributed by atoms with van der Waals surface area (Å²) in [7, 11) is -4.50. The monoisotopic (exact) mass is 306 g/mol. The van der Waals surface area contributed by atoms with Gasteiger partial charge in [-0.15, -0.1) is 0 Å². The van der Waals surface area contributed by atoms with E-state index in [1.807, 2.05) is 18.2 Å². The van der Waals surface area contributed by atoms with Gasteiger partial charge in [0.2, 0.25) is 0 Å². The van der Waals surface area contributed by atoms with Gasteiger partial charge in [-0.25, -0.2) is 0 Å². The molecule has 0 spiro atoms. The van der Waals surface area contributed by atoms with Crippen LogP contribution in [0.1, 0.15) is 25.3 Å². The van der Waals surface area contributed by atoms with Gasteiger partial charge in [-0.3, -0.25) is 4.55 Å². The van der Waals surface area contributed by atoms with Crippen LogP contribution in [0.5, 0.6) is 5.75 Å². The van der Waals surface area contributed by atoms with Gasteiger partial charge >= 0.3 is 0 Å². The van der Waals surface area contributed by atoms with E-state index in [9.17, 15) is 18.1 Å². The van der Waals surface area contributed by atoms with Crippen molar-refractivity contribution in [1.82, 2.24) is 0 Å². The van der Waals surface area contributed by atoms with Crippen molar-refractivity contribution in [3.8, 4) is 16.9 Å². The van der Waals surface area contributed by atoms with Crippen LogP contribution < -0.4 is 0 Å². The quantitative estimate of drug-likeness (QED) is 0.827. The van der Waals surface area contributed by atoms with Gasteiger partial charge in [-0.2, -0.15) is 8.42 Å². The molecule has 0 aliphatic carbocycles. The lowest BCUT2D eigenvalue weighted by atomic mass is 9.96. The first-order chi connectivity index (χ1) is 9.95. The van der Waals surface area contributed by atoms with Crippen molar-refractivity contribution in [2.75, 3.05) is 0 Å². The number of aromatic hydroxyl groups is 1. The Kier molecular flexibility index (Phi) is 4.65. The lowest BCUT2D eigenvalue weighted by molar-refractivity contribution is 0.444. The molecule has 4 nitrogen and oxygen atoms in total. The summed E-state index contributed by atoms with van der Waals surface area (Å²) in [5.74, 6) is -0.444. The fourth-order valence-corrected chi connectivity index (χ4v) is 3.16. The minimum absolute atomic E-state index is 0.323. The maximum Gasteiger partial charge on any atom is 0.298 e. The number of phenols is 1. The molecule has 2 aromatic rings. The Bertz CT molecular complexity index is 736. The van der Waals surface area contributed by atoms with Gasteiger partial charge in [-0.05, 0) is 30.0 Å². The predicted molar refractivity (Wildman–Crippen MR) is 82.0 cm³/mol. The summed E-state index contributed by atoms with van der Waals surface area (Å²) < 4.78 is 32.5. The first-order valence-corrected chi connectivity index (χ1v) is 8.27. The highest BCUT2D eigenvalue weighted by Crippen LogP contribution is 2.35. The lowest BCUT2D eigenvalue weighted by Gasteiger charge is -2.13. The average molecular weight is 306 g/mol. The summed E-state index contributed by atoms with van der Waals surface area (Å²) in [4.78, 5) is -0.436. The molecule has 0 bridgehead atoms. The highest BCUT2D eigenvalue weighted by Gasteiger charge is 2.22. The second kappa shape index (κ2) is 6.28. The number of aryl methyl sites for hydroxylation is 1. The van der Waals surface area contributed by atoms with E-state index in [0.29, 0.717) is 5.56 Å². The molecule has 112 valence electrons. The minimum atomic E-state index is -4.50. The van der Waals surface area contributed by atoms with Crippen LogP contribution in [-0.2, 0) is 16.5 Å². The summed E-state index contributed by atoms with van der Waals surface area (Å²) >= 11 is 0. The Morgan fingerprint density at radius 2 is 1.67 bits per heavy atom. The van der Waals surface area contributed by atoms with Gasteiger partial charge in [0.15, 0.2) is 0 Å². The molecule has 0 aliphatic heterocycles. The summed E-state index contributed by atoms with van der Waals surface area (Å²) in [6.45, 7) is 2.08. The van der Waals surface area contributed by atoms with Crippen molar-refractivity contribution in [2.24, 2.45) is 0 Å². The van der Waals surface area contributed by atoms with Crippen LogP contribution in [-0.4, -0.2) is 18.1 Å². The smallest absolute Gasteiger partial charge is 0.298 e. The Morgan fingerprint density at radius 1 is 1.00 bits per heavy atom. The van der Waals surface area contributed by atoms with Crippen molar-refractivity contribution in [3.63, 3.8) is 0 Å². The van der Waals surface area contributed by atoms with Crippen LogP contribution in [0.25, 0.3) is 11.1 Å². The molecule has 0 saturated heterocycles. The number of rotatable bonds is 5. The molecule has 2 rings (SSSR count). The number of unbranched alkanes of at least 4 members (excludes halogenated alkanes) is 1. The van der Waals surface area contributed by atoms with E-state index in [-0.39, 0.29) is 0 Å². The van der Waals surface area contributed by atoms with Crippen molar-refractivity contribution in [3.05, 3.63) is 48.0 Å². The second-order valence-corrected chi connectivity index (χ2v) is 6.25. The summed E-state index contributed by atoms with van der Waals surface area (Å²) in [6.07, 6.45) is 2.82. The molecule has 21 heavy (non-hydrogen) atoms. The number of phenolic OH excluding ortho intramolecular Hbond substituents is 1. The molecule has 0 amide bonds. The first kappa shape index (κ1) is 15.5. The molecule has 0 aliphatic rings. The van der Waals surface area contributed by atoms with Crippen LogP contribution in [0.15, 0.2) is 47.4 Å². The summed E-state index contributed by atoms with van der Waals surface area (Å²) in [5.41, 5.74) is 2.04. The Labute approximate surface area is 124 Å². The fraction of sp³-hybridized carbons (Fsp3) is 0.250. The van der Waals surface area contributed by atoms with Gasteiger partial charge in [0, 0.05) is 5.56 Å². The van der Waals surface area contributed by atoms with Gasteiger partial charge in [0.1, 0.15) is 10.6 Å². The first-order valence-electron chi connectivity index (χ1n) is 6.83. The summed E-state index contributed by atoms with van der Waals surface area (Å²) in [5, 5.41) is 9.82. The van der Waals surface area contributed by atoms with Crippen LogP contribution in [0.3, 0.4) is 0 Å². The maximum absolute atomic E-state index is 11.6. The van der Waals surface area contributed by atoms with Crippen molar-refractivity contribution >= 4 is 10.1 Å². The van der Waals surface area contributed by atoms with E-state index >= 15 is 0 Å². The fourth-order valence-electron chi connectivity index (χ4n) is 2.38. The van der Waals surface area contributed by atoms with Gasteiger partial charge in [0.25, 0.3) is 10.1 Å². The SMILES string of the molecule is CCCCc1ccccc1-c1cccc(O)c1S(=O)(=O)O. The molecule has 2 N–H and O–H groups in total. The Hall–Kier alpha value is -1.85. The standard InChI is InChI=1S/C16H18O4S/c1-2-3-7-12-8-4-5-9-13(12)14-10-6-11-15(17)16(14)21(18,19)20/h4-6,8-11,17H,2-3,7H2,1H3,(H,18,19,20). The number of benzene rings is 2. The van der Waals surface area contributed by atoms with Crippen molar-refractivity contribution in [1.29, 1.82) is 0 Å². The molecule has 0 fully saturated rings. The highest BCUT2D eigenvalue weighted by molar-refractivity contribution is 7.86. The third-order valence-corrected chi connectivity index (χ3v) is 4.30. The van der Waals surface area contributed by atoms with Gasteiger partial charge in [0.05, 0.1) is 0 Å². The third kappa shape index (κ3) is 3.43. The van der Waals surface area contributed by atoms with E-state index in [1.54, 1.807) is 18.2 Å². The molecule has 0 aromatic heterocycles. The van der Waals surface area contributed by atoms with Gasteiger partial charge < -0.3 is 5.11 Å². The highest BCUT2D eigenvalue weighted by atomic mass is 32.2. The molecule has 0 radical (unpaired) electrons. The van der Waals surface area contributed by atoms with Crippen LogP contribution in [0, 0.1) is 0 Å². The van der Waals surface area contributed by atoms with E-state index in [2.05, 4.69) is 6.92 Å². The molecule has 0 atom stereocenters. The van der Waals surface area contributed by atoms with Gasteiger partial charge in [-0.1, -0.05) is 49.7 Å². The lowest BCUT2D eigenvalue weighted by Crippen LogP contribution is -2.02. The largest absolute Gasteiger partial charge is 0.506 e. The van der Waals surface area contributed by atoms with E-state index in [4.69, 9.17) is 0 Å². The molecule has 0 unspecified atom stereocenters. The third-order valence-electron chi connectivity index (χ3n) is 3.36. The predicted octanol–water partition coefficient (Wildman–Crippen LogP) is 3.65. The van der Waals surface area contributed by atoms with E-state index < -0.39 is 20.8 Å². The topological polar surface area (TPSA) is 74.6 Å². The molecule has 0 saturated carbocycles. The molecule has 5 heteroatoms. The van der Waals surface area contributed by atoms with Crippen LogP contribution >= 0.6 is 0 Å². The second-order valence-electron chi connectivity index (χ2n) is 4.89. The zero-order valence-electron chi connectivity index (χ0n) is 11.8. The van der Waals surface area contributed by atoms with Crippen LogP contribution in [0.2, 0.25) is 0 Å². The molecule has 2 aromatic carbocycles. The zero-order valence-corrected chi connectivity index (χ0v) is 12.6. The minimum Gasteiger partial charge on any atom is -0.506 e. The number of hydrogen-bond acceptors (Lipinski definition) is 3. The normalized spacial score (nSPS) is 11.5. The molecular formula is C16H18O4S.